The summed E-state index contributed by atoms with van der Waals surface area (Å²) < 4.78 is 0. The Kier molecular flexibility index (Phi) is 6.13. The zero-order valence-corrected chi connectivity index (χ0v) is 14.5. The van der Waals surface area contributed by atoms with Crippen molar-refractivity contribution in [2.45, 2.75) is 33.6 Å². The summed E-state index contributed by atoms with van der Waals surface area (Å²) in [6.07, 6.45) is 1.31. The van der Waals surface area contributed by atoms with Gasteiger partial charge >= 0.3 is 0 Å². The van der Waals surface area contributed by atoms with E-state index in [0.717, 1.165) is 17.7 Å². The van der Waals surface area contributed by atoms with Crippen molar-refractivity contribution in [1.82, 2.24) is 0 Å². The maximum absolute atomic E-state index is 12.9. The maximum Gasteiger partial charge on any atom is 0.258 e. The molecule has 0 bridgehead atoms. The Morgan fingerprint density at radius 1 is 1.04 bits per heavy atom. The van der Waals surface area contributed by atoms with Gasteiger partial charge in [-0.25, -0.2) is 0 Å². The third-order valence-corrected chi connectivity index (χ3v) is 3.74. The molecule has 2 aromatic rings. The monoisotopic (exact) mass is 324 g/mol. The van der Waals surface area contributed by atoms with Crippen molar-refractivity contribution in [2.75, 3.05) is 16.8 Å². The van der Waals surface area contributed by atoms with Crippen LogP contribution in [0.1, 0.15) is 42.6 Å². The first-order valence-corrected chi connectivity index (χ1v) is 8.33. The summed E-state index contributed by atoms with van der Waals surface area (Å²) in [5.74, 6) is -0.0720. The summed E-state index contributed by atoms with van der Waals surface area (Å²) in [7, 11) is 0. The summed E-state index contributed by atoms with van der Waals surface area (Å²) in [5.41, 5.74) is 3.35. The number of rotatable bonds is 6. The largest absolute Gasteiger partial charge is 0.326 e. The highest BCUT2D eigenvalue weighted by Gasteiger charge is 2.17. The van der Waals surface area contributed by atoms with E-state index < -0.39 is 0 Å². The first-order valence-electron chi connectivity index (χ1n) is 8.33. The quantitative estimate of drug-likeness (QED) is 0.856. The standard InChI is InChI=1S/C20H24N2O2/c1-4-13-22(18-8-6-7-15(3)14-18)20(24)16-9-11-17(12-10-16)21-19(23)5-2/h6-12,14H,4-5,13H2,1-3H3,(H,21,23). The van der Waals surface area contributed by atoms with Crippen molar-refractivity contribution in [2.24, 2.45) is 0 Å². The molecule has 0 radical (unpaired) electrons. The Morgan fingerprint density at radius 2 is 1.75 bits per heavy atom. The van der Waals surface area contributed by atoms with Gasteiger partial charge in [-0.1, -0.05) is 26.0 Å². The van der Waals surface area contributed by atoms with Gasteiger partial charge in [0.2, 0.25) is 5.91 Å². The molecule has 0 saturated heterocycles. The molecule has 0 spiro atoms. The zero-order valence-electron chi connectivity index (χ0n) is 14.5. The van der Waals surface area contributed by atoms with Crippen molar-refractivity contribution in [1.29, 1.82) is 0 Å². The van der Waals surface area contributed by atoms with Crippen molar-refractivity contribution in [3.05, 3.63) is 59.7 Å². The van der Waals surface area contributed by atoms with E-state index in [1.54, 1.807) is 36.1 Å². The van der Waals surface area contributed by atoms with Crippen LogP contribution < -0.4 is 10.2 Å². The number of hydrogen-bond acceptors (Lipinski definition) is 2. The average Bonchev–Trinajstić information content (AvgIpc) is 2.59. The third kappa shape index (κ3) is 4.44. The Hall–Kier alpha value is -2.62. The molecule has 1 N–H and O–H groups in total. The van der Waals surface area contributed by atoms with Gasteiger partial charge in [-0.3, -0.25) is 9.59 Å². The molecule has 2 amide bonds. The average molecular weight is 324 g/mol. The van der Waals surface area contributed by atoms with E-state index in [2.05, 4.69) is 12.2 Å². The Balaban J connectivity index is 2.22. The topological polar surface area (TPSA) is 49.4 Å². The second-order valence-corrected chi connectivity index (χ2v) is 5.77. The molecule has 0 aliphatic heterocycles. The number of aryl methyl sites for hydroxylation is 1. The van der Waals surface area contributed by atoms with E-state index in [1.807, 2.05) is 31.2 Å². The molecule has 0 aliphatic rings. The summed E-state index contributed by atoms with van der Waals surface area (Å²) in [6.45, 7) is 6.54. The fraction of sp³-hybridized carbons (Fsp3) is 0.300. The number of nitrogens with one attached hydrogen (secondary N) is 1. The molecule has 0 unspecified atom stereocenters. The summed E-state index contributed by atoms with van der Waals surface area (Å²) >= 11 is 0. The summed E-state index contributed by atoms with van der Waals surface area (Å²) in [6, 6.07) is 15.0. The van der Waals surface area contributed by atoms with Crippen LogP contribution >= 0.6 is 0 Å². The molecule has 0 aromatic heterocycles. The normalized spacial score (nSPS) is 10.3. The second kappa shape index (κ2) is 8.29. The molecule has 0 aliphatic carbocycles. The molecule has 24 heavy (non-hydrogen) atoms. The van der Waals surface area contributed by atoms with Crippen molar-refractivity contribution >= 4 is 23.2 Å². The van der Waals surface area contributed by atoms with Gasteiger partial charge in [0.1, 0.15) is 0 Å². The van der Waals surface area contributed by atoms with E-state index in [9.17, 15) is 9.59 Å². The van der Waals surface area contributed by atoms with Gasteiger partial charge < -0.3 is 10.2 Å². The molecule has 4 nitrogen and oxygen atoms in total. The molecular weight excluding hydrogens is 300 g/mol. The van der Waals surface area contributed by atoms with Gasteiger partial charge in [-0.2, -0.15) is 0 Å². The SMILES string of the molecule is CCCN(C(=O)c1ccc(NC(=O)CC)cc1)c1cccc(C)c1. The van der Waals surface area contributed by atoms with Crippen LogP contribution in [-0.4, -0.2) is 18.4 Å². The van der Waals surface area contributed by atoms with E-state index in [-0.39, 0.29) is 11.8 Å². The minimum absolute atomic E-state index is 0.0316. The molecule has 2 rings (SSSR count). The summed E-state index contributed by atoms with van der Waals surface area (Å²) in [4.78, 5) is 26.1. The minimum Gasteiger partial charge on any atom is -0.326 e. The van der Waals surface area contributed by atoms with E-state index in [0.29, 0.717) is 24.2 Å². The molecule has 126 valence electrons. The fourth-order valence-corrected chi connectivity index (χ4v) is 2.47. The molecule has 4 heteroatoms. The molecule has 2 aromatic carbocycles. The Bertz CT molecular complexity index is 708. The van der Waals surface area contributed by atoms with Gasteiger partial charge in [0.25, 0.3) is 5.91 Å². The van der Waals surface area contributed by atoms with Crippen LogP contribution in [0, 0.1) is 6.92 Å². The van der Waals surface area contributed by atoms with Gasteiger partial charge in [-0.15, -0.1) is 0 Å². The number of carbonyl (C=O) groups excluding carboxylic acids is 2. The molecular formula is C20H24N2O2. The number of hydrogen-bond donors (Lipinski definition) is 1. The lowest BCUT2D eigenvalue weighted by Crippen LogP contribution is -2.31. The molecule has 0 fully saturated rings. The van der Waals surface area contributed by atoms with Crippen LogP contribution in [0.15, 0.2) is 48.5 Å². The van der Waals surface area contributed by atoms with Crippen LogP contribution in [0.2, 0.25) is 0 Å². The highest BCUT2D eigenvalue weighted by molar-refractivity contribution is 6.06. The summed E-state index contributed by atoms with van der Waals surface area (Å²) in [5, 5.41) is 2.79. The smallest absolute Gasteiger partial charge is 0.258 e. The van der Waals surface area contributed by atoms with Crippen molar-refractivity contribution < 1.29 is 9.59 Å². The highest BCUT2D eigenvalue weighted by Crippen LogP contribution is 2.20. The van der Waals surface area contributed by atoms with E-state index in [1.165, 1.54) is 0 Å². The molecule has 0 atom stereocenters. The van der Waals surface area contributed by atoms with Crippen molar-refractivity contribution in [3.8, 4) is 0 Å². The first-order chi connectivity index (χ1) is 11.5. The Labute approximate surface area is 143 Å². The number of carbonyl (C=O) groups is 2. The maximum atomic E-state index is 12.9. The van der Waals surface area contributed by atoms with Gasteiger partial charge in [0, 0.05) is 29.9 Å². The minimum atomic E-state index is -0.0403. The van der Waals surface area contributed by atoms with Gasteiger partial charge in [0.15, 0.2) is 0 Å². The zero-order chi connectivity index (χ0) is 17.5. The number of anilines is 2. The van der Waals surface area contributed by atoms with Crippen LogP contribution in [0.5, 0.6) is 0 Å². The number of benzene rings is 2. The molecule has 0 heterocycles. The van der Waals surface area contributed by atoms with E-state index >= 15 is 0 Å². The number of amides is 2. The lowest BCUT2D eigenvalue weighted by atomic mass is 10.1. The predicted octanol–water partition coefficient (Wildman–Crippen LogP) is 4.40. The van der Waals surface area contributed by atoms with E-state index in [4.69, 9.17) is 0 Å². The number of nitrogens with zero attached hydrogens (tertiary/aromatic N) is 1. The van der Waals surface area contributed by atoms with Crippen LogP contribution in [0.25, 0.3) is 0 Å². The lowest BCUT2D eigenvalue weighted by Gasteiger charge is -2.23. The predicted molar refractivity (Wildman–Crippen MR) is 98.5 cm³/mol. The van der Waals surface area contributed by atoms with Crippen LogP contribution in [0.3, 0.4) is 0 Å². The molecule has 0 saturated carbocycles. The third-order valence-electron chi connectivity index (χ3n) is 3.74. The highest BCUT2D eigenvalue weighted by atomic mass is 16.2. The lowest BCUT2D eigenvalue weighted by molar-refractivity contribution is -0.115. The van der Waals surface area contributed by atoms with Gasteiger partial charge in [0.05, 0.1) is 0 Å². The van der Waals surface area contributed by atoms with Gasteiger partial charge in [-0.05, 0) is 55.3 Å². The van der Waals surface area contributed by atoms with Crippen LogP contribution in [0.4, 0.5) is 11.4 Å². The van der Waals surface area contributed by atoms with Crippen molar-refractivity contribution in [3.63, 3.8) is 0 Å². The van der Waals surface area contributed by atoms with Crippen LogP contribution in [-0.2, 0) is 4.79 Å². The second-order valence-electron chi connectivity index (χ2n) is 5.77. The fourth-order valence-electron chi connectivity index (χ4n) is 2.47. The Morgan fingerprint density at radius 3 is 2.33 bits per heavy atom. The first kappa shape index (κ1) is 17.7.